The first-order valence-electron chi connectivity index (χ1n) is 6.01. The molecule has 0 aliphatic carbocycles. The molecule has 0 aliphatic heterocycles. The lowest BCUT2D eigenvalue weighted by atomic mass is 10.1. The number of aromatic carboxylic acids is 1. The van der Waals surface area contributed by atoms with E-state index >= 15 is 0 Å². The average molecular weight is 236 g/mol. The van der Waals surface area contributed by atoms with Crippen molar-refractivity contribution in [1.29, 1.82) is 0 Å². The molecule has 0 aliphatic rings. The molecule has 0 amide bonds. The molecule has 1 heterocycles. The van der Waals surface area contributed by atoms with Crippen molar-refractivity contribution in [2.24, 2.45) is 5.92 Å². The first-order chi connectivity index (χ1) is 8.02. The summed E-state index contributed by atoms with van der Waals surface area (Å²) in [5, 5.41) is 12.2. The normalized spacial score (nSPS) is 10.6. The molecule has 2 N–H and O–H groups in total. The van der Waals surface area contributed by atoms with Gasteiger partial charge in [0.15, 0.2) is 0 Å². The largest absolute Gasteiger partial charge is 0.478 e. The van der Waals surface area contributed by atoms with Crippen LogP contribution in [0.2, 0.25) is 0 Å². The Kier molecular flexibility index (Phi) is 4.94. The molecule has 0 radical (unpaired) electrons. The number of nitrogens with zero attached hydrogens (tertiary/aromatic N) is 1. The molecular formula is C13H20N2O2. The van der Waals surface area contributed by atoms with Crippen LogP contribution in [0.3, 0.4) is 0 Å². The Bertz CT molecular complexity index is 389. The van der Waals surface area contributed by atoms with Crippen LogP contribution in [-0.2, 0) is 6.42 Å². The SMILES string of the molecule is CCCc1cc(C(=O)O)cc(NCC(C)C)n1. The molecule has 0 bridgehead atoms. The Morgan fingerprint density at radius 1 is 1.47 bits per heavy atom. The predicted molar refractivity (Wildman–Crippen MR) is 68.5 cm³/mol. The smallest absolute Gasteiger partial charge is 0.335 e. The Labute approximate surface area is 102 Å². The minimum absolute atomic E-state index is 0.301. The standard InChI is InChI=1S/C13H20N2O2/c1-4-5-11-6-10(13(16)17)7-12(15-11)14-8-9(2)3/h6-7,9H,4-5,8H2,1-3H3,(H,14,15)(H,16,17). The van der Waals surface area contributed by atoms with Crippen LogP contribution in [0.25, 0.3) is 0 Å². The average Bonchev–Trinajstić information content (AvgIpc) is 2.26. The number of carboxylic acid groups (broad SMARTS) is 1. The minimum Gasteiger partial charge on any atom is -0.478 e. The van der Waals surface area contributed by atoms with Gasteiger partial charge in [-0.2, -0.15) is 0 Å². The molecule has 0 saturated heterocycles. The number of nitrogens with one attached hydrogen (secondary N) is 1. The van der Waals surface area contributed by atoms with E-state index in [-0.39, 0.29) is 0 Å². The van der Waals surface area contributed by atoms with Crippen molar-refractivity contribution in [3.8, 4) is 0 Å². The Morgan fingerprint density at radius 2 is 2.18 bits per heavy atom. The number of aromatic nitrogens is 1. The first kappa shape index (κ1) is 13.5. The highest BCUT2D eigenvalue weighted by Crippen LogP contribution is 2.12. The van der Waals surface area contributed by atoms with E-state index in [1.807, 2.05) is 0 Å². The van der Waals surface area contributed by atoms with Gasteiger partial charge in [0, 0.05) is 12.2 Å². The zero-order valence-corrected chi connectivity index (χ0v) is 10.7. The predicted octanol–water partition coefficient (Wildman–Crippen LogP) is 2.80. The highest BCUT2D eigenvalue weighted by atomic mass is 16.4. The van der Waals surface area contributed by atoms with E-state index in [4.69, 9.17) is 5.11 Å². The Hall–Kier alpha value is -1.58. The van der Waals surface area contributed by atoms with Gasteiger partial charge in [-0.25, -0.2) is 9.78 Å². The van der Waals surface area contributed by atoms with E-state index in [1.54, 1.807) is 12.1 Å². The van der Waals surface area contributed by atoms with Crippen LogP contribution >= 0.6 is 0 Å². The van der Waals surface area contributed by atoms with Gasteiger partial charge in [-0.15, -0.1) is 0 Å². The maximum absolute atomic E-state index is 11.0. The van der Waals surface area contributed by atoms with E-state index < -0.39 is 5.97 Å². The van der Waals surface area contributed by atoms with Crippen molar-refractivity contribution in [3.63, 3.8) is 0 Å². The van der Waals surface area contributed by atoms with Crippen molar-refractivity contribution < 1.29 is 9.90 Å². The number of anilines is 1. The molecule has 0 unspecified atom stereocenters. The van der Waals surface area contributed by atoms with Crippen LogP contribution in [0.5, 0.6) is 0 Å². The van der Waals surface area contributed by atoms with E-state index in [2.05, 4.69) is 31.1 Å². The maximum atomic E-state index is 11.0. The zero-order chi connectivity index (χ0) is 12.8. The summed E-state index contributed by atoms with van der Waals surface area (Å²) in [4.78, 5) is 15.4. The van der Waals surface area contributed by atoms with Gasteiger partial charge in [0.05, 0.1) is 5.56 Å². The van der Waals surface area contributed by atoms with Gasteiger partial charge in [0.2, 0.25) is 0 Å². The van der Waals surface area contributed by atoms with E-state index in [0.29, 0.717) is 17.3 Å². The third-order valence-electron chi connectivity index (χ3n) is 2.32. The molecule has 0 spiro atoms. The van der Waals surface area contributed by atoms with Gasteiger partial charge in [-0.3, -0.25) is 0 Å². The van der Waals surface area contributed by atoms with Crippen molar-refractivity contribution in [1.82, 2.24) is 4.98 Å². The summed E-state index contributed by atoms with van der Waals surface area (Å²) in [7, 11) is 0. The van der Waals surface area contributed by atoms with E-state index in [9.17, 15) is 4.79 Å². The zero-order valence-electron chi connectivity index (χ0n) is 10.7. The van der Waals surface area contributed by atoms with Gasteiger partial charge in [-0.05, 0) is 24.5 Å². The second kappa shape index (κ2) is 6.23. The van der Waals surface area contributed by atoms with Crippen LogP contribution in [0.15, 0.2) is 12.1 Å². The number of carbonyl (C=O) groups is 1. The second-order valence-corrected chi connectivity index (χ2v) is 4.56. The third kappa shape index (κ3) is 4.43. The number of pyridine rings is 1. The number of hydrogen-bond donors (Lipinski definition) is 2. The quantitative estimate of drug-likeness (QED) is 0.797. The number of aryl methyl sites for hydroxylation is 1. The summed E-state index contributed by atoms with van der Waals surface area (Å²) in [6.45, 7) is 7.04. The minimum atomic E-state index is -0.905. The first-order valence-corrected chi connectivity index (χ1v) is 6.01. The lowest BCUT2D eigenvalue weighted by Gasteiger charge is -2.10. The third-order valence-corrected chi connectivity index (χ3v) is 2.32. The van der Waals surface area contributed by atoms with Crippen molar-refractivity contribution >= 4 is 11.8 Å². The molecule has 1 aromatic rings. The second-order valence-electron chi connectivity index (χ2n) is 4.56. The molecule has 0 fully saturated rings. The van der Waals surface area contributed by atoms with Crippen LogP contribution in [-0.4, -0.2) is 22.6 Å². The van der Waals surface area contributed by atoms with Gasteiger partial charge >= 0.3 is 5.97 Å². The Morgan fingerprint density at radius 3 is 2.71 bits per heavy atom. The molecule has 0 aromatic carbocycles. The summed E-state index contributed by atoms with van der Waals surface area (Å²) in [5.41, 5.74) is 1.13. The van der Waals surface area contributed by atoms with Gasteiger partial charge in [0.1, 0.15) is 5.82 Å². The molecule has 1 aromatic heterocycles. The van der Waals surface area contributed by atoms with Crippen LogP contribution in [0, 0.1) is 5.92 Å². The number of hydrogen-bond acceptors (Lipinski definition) is 3. The fourth-order valence-corrected chi connectivity index (χ4v) is 1.49. The lowest BCUT2D eigenvalue weighted by Crippen LogP contribution is -2.11. The summed E-state index contributed by atoms with van der Waals surface area (Å²) in [6.07, 6.45) is 1.76. The fraction of sp³-hybridized carbons (Fsp3) is 0.538. The van der Waals surface area contributed by atoms with Gasteiger partial charge < -0.3 is 10.4 Å². The highest BCUT2D eigenvalue weighted by molar-refractivity contribution is 5.88. The molecule has 1 rings (SSSR count). The molecule has 94 valence electrons. The van der Waals surface area contributed by atoms with E-state index in [0.717, 1.165) is 25.1 Å². The van der Waals surface area contributed by atoms with Crippen molar-refractivity contribution in [3.05, 3.63) is 23.4 Å². The maximum Gasteiger partial charge on any atom is 0.335 e. The topological polar surface area (TPSA) is 62.2 Å². The highest BCUT2D eigenvalue weighted by Gasteiger charge is 2.08. The molecule has 0 atom stereocenters. The van der Waals surface area contributed by atoms with Crippen LogP contribution in [0.4, 0.5) is 5.82 Å². The summed E-state index contributed by atoms with van der Waals surface area (Å²) < 4.78 is 0. The number of carboxylic acids is 1. The molecule has 0 saturated carbocycles. The van der Waals surface area contributed by atoms with Gasteiger partial charge in [-0.1, -0.05) is 27.2 Å². The fourth-order valence-electron chi connectivity index (χ4n) is 1.49. The van der Waals surface area contributed by atoms with Crippen molar-refractivity contribution in [2.45, 2.75) is 33.6 Å². The summed E-state index contributed by atoms with van der Waals surface area (Å²) >= 11 is 0. The Balaban J connectivity index is 2.91. The lowest BCUT2D eigenvalue weighted by molar-refractivity contribution is 0.0696. The molecule has 4 nitrogen and oxygen atoms in total. The molecule has 4 heteroatoms. The van der Waals surface area contributed by atoms with Crippen molar-refractivity contribution in [2.75, 3.05) is 11.9 Å². The summed E-state index contributed by atoms with van der Waals surface area (Å²) in [6, 6.07) is 3.23. The van der Waals surface area contributed by atoms with Crippen LogP contribution in [0.1, 0.15) is 43.2 Å². The summed E-state index contributed by atoms with van der Waals surface area (Å²) in [5.74, 6) is 0.249. The monoisotopic (exact) mass is 236 g/mol. The molecular weight excluding hydrogens is 216 g/mol. The molecule has 17 heavy (non-hydrogen) atoms. The van der Waals surface area contributed by atoms with Gasteiger partial charge in [0.25, 0.3) is 0 Å². The van der Waals surface area contributed by atoms with E-state index in [1.165, 1.54) is 0 Å². The van der Waals surface area contributed by atoms with Crippen LogP contribution < -0.4 is 5.32 Å². The number of rotatable bonds is 6.